The predicted octanol–water partition coefficient (Wildman–Crippen LogP) is 7.12. The molecule has 0 aromatic heterocycles. The molecule has 2 aromatic rings. The lowest BCUT2D eigenvalue weighted by molar-refractivity contribution is 0.237. The molecule has 0 saturated carbocycles. The number of carbonyl (C=O) groups excluding carboxylic acids is 2. The van der Waals surface area contributed by atoms with E-state index in [-0.39, 0.29) is 28.4 Å². The van der Waals surface area contributed by atoms with Gasteiger partial charge in [-0.1, -0.05) is 39.8 Å². The van der Waals surface area contributed by atoms with Crippen LogP contribution in [0.3, 0.4) is 0 Å². The van der Waals surface area contributed by atoms with Gasteiger partial charge in [-0.2, -0.15) is 0 Å². The summed E-state index contributed by atoms with van der Waals surface area (Å²) >= 11 is 2.24. The number of nitrogens with one attached hydrogen (secondary N) is 4. The molecular formula is C27H39IN4O2. The summed E-state index contributed by atoms with van der Waals surface area (Å²) in [4.78, 5) is 24.6. The highest BCUT2D eigenvalue weighted by Crippen LogP contribution is 2.34. The smallest absolute Gasteiger partial charge is 0.319 e. The molecule has 2 aromatic carbocycles. The molecule has 0 saturated heterocycles. The first kappa shape index (κ1) is 28.0. The normalized spacial score (nSPS) is 12.1. The van der Waals surface area contributed by atoms with E-state index < -0.39 is 0 Å². The van der Waals surface area contributed by atoms with Crippen molar-refractivity contribution in [2.75, 3.05) is 17.2 Å². The summed E-state index contributed by atoms with van der Waals surface area (Å²) in [6.45, 7) is 15.2. The Kier molecular flexibility index (Phi) is 9.39. The first-order valence-electron chi connectivity index (χ1n) is 11.7. The number of halogens is 1. The summed E-state index contributed by atoms with van der Waals surface area (Å²) in [7, 11) is 0. The number of anilines is 2. The van der Waals surface area contributed by atoms with Crippen molar-refractivity contribution in [3.63, 3.8) is 0 Å². The molecular weight excluding hydrogens is 539 g/mol. The van der Waals surface area contributed by atoms with Gasteiger partial charge in [-0.05, 0) is 109 Å². The third-order valence-electron chi connectivity index (χ3n) is 5.65. The number of urea groups is 2. The number of hydrogen-bond donors (Lipinski definition) is 4. The summed E-state index contributed by atoms with van der Waals surface area (Å²) < 4.78 is 1.13. The molecule has 0 aliphatic rings. The molecule has 186 valence electrons. The zero-order valence-electron chi connectivity index (χ0n) is 21.4. The van der Waals surface area contributed by atoms with Crippen LogP contribution in [0.1, 0.15) is 66.9 Å². The van der Waals surface area contributed by atoms with E-state index in [9.17, 15) is 9.59 Å². The lowest BCUT2D eigenvalue weighted by atomic mass is 9.75. The molecule has 4 N–H and O–H groups in total. The third-order valence-corrected chi connectivity index (χ3v) is 6.37. The van der Waals surface area contributed by atoms with E-state index in [0.29, 0.717) is 6.54 Å². The molecule has 34 heavy (non-hydrogen) atoms. The van der Waals surface area contributed by atoms with Crippen LogP contribution in [0.2, 0.25) is 0 Å². The maximum atomic E-state index is 12.3. The number of carbonyl (C=O) groups is 2. The Balaban J connectivity index is 1.90. The van der Waals surface area contributed by atoms with Crippen molar-refractivity contribution in [3.8, 4) is 0 Å². The van der Waals surface area contributed by atoms with Gasteiger partial charge in [-0.3, -0.25) is 0 Å². The van der Waals surface area contributed by atoms with Crippen LogP contribution in [0.25, 0.3) is 0 Å². The van der Waals surface area contributed by atoms with Gasteiger partial charge in [-0.25, -0.2) is 9.59 Å². The number of hydrogen-bond acceptors (Lipinski definition) is 2. The maximum absolute atomic E-state index is 12.3. The zero-order valence-corrected chi connectivity index (χ0v) is 23.6. The standard InChI is InChI=1S/C27H39IN4O2/c1-25(2,3)32-24(34)31-22-10-8-9-19(17-22)27(6,7)16-15-26(4,5)18-29-23(33)30-21-13-11-20(28)12-14-21/h8-14,17H,15-16,18H2,1-7H3,(H2,29,30,33)(H2,31,32,34). The molecule has 0 fully saturated rings. The monoisotopic (exact) mass is 578 g/mol. The fourth-order valence-corrected chi connectivity index (χ4v) is 3.79. The lowest BCUT2D eigenvalue weighted by Gasteiger charge is -2.32. The minimum absolute atomic E-state index is 0.0663. The third kappa shape index (κ3) is 9.91. The summed E-state index contributed by atoms with van der Waals surface area (Å²) in [5, 5.41) is 11.7. The number of amides is 4. The average Bonchev–Trinajstić information content (AvgIpc) is 2.72. The fraction of sp³-hybridized carbons (Fsp3) is 0.481. The van der Waals surface area contributed by atoms with Crippen LogP contribution in [0.15, 0.2) is 48.5 Å². The van der Waals surface area contributed by atoms with Crippen LogP contribution in [-0.2, 0) is 5.41 Å². The van der Waals surface area contributed by atoms with Gasteiger partial charge >= 0.3 is 12.1 Å². The van der Waals surface area contributed by atoms with Gasteiger partial charge < -0.3 is 21.3 Å². The number of rotatable bonds is 8. The van der Waals surface area contributed by atoms with Crippen molar-refractivity contribution in [1.29, 1.82) is 0 Å². The summed E-state index contributed by atoms with van der Waals surface area (Å²) in [5.41, 5.74) is 2.28. The number of benzene rings is 2. The second-order valence-electron chi connectivity index (χ2n) is 11.3. The molecule has 0 radical (unpaired) electrons. The van der Waals surface area contributed by atoms with Crippen molar-refractivity contribution in [3.05, 3.63) is 57.7 Å². The minimum Gasteiger partial charge on any atom is -0.337 e. The van der Waals surface area contributed by atoms with E-state index in [4.69, 9.17) is 0 Å². The van der Waals surface area contributed by atoms with Gasteiger partial charge in [0.15, 0.2) is 0 Å². The van der Waals surface area contributed by atoms with Crippen molar-refractivity contribution >= 4 is 46.0 Å². The topological polar surface area (TPSA) is 82.3 Å². The van der Waals surface area contributed by atoms with Gasteiger partial charge in [0.2, 0.25) is 0 Å². The van der Waals surface area contributed by atoms with Crippen LogP contribution in [0.5, 0.6) is 0 Å². The Morgan fingerprint density at radius 2 is 1.41 bits per heavy atom. The van der Waals surface area contributed by atoms with Crippen LogP contribution < -0.4 is 21.3 Å². The Hall–Kier alpha value is -2.29. The Bertz CT molecular complexity index is 979. The van der Waals surface area contributed by atoms with Crippen molar-refractivity contribution in [2.45, 2.75) is 72.3 Å². The van der Waals surface area contributed by atoms with E-state index in [1.165, 1.54) is 5.56 Å². The second kappa shape index (κ2) is 11.4. The summed E-state index contributed by atoms with van der Waals surface area (Å²) in [6, 6.07) is 15.3. The summed E-state index contributed by atoms with van der Waals surface area (Å²) in [5.74, 6) is 0. The van der Waals surface area contributed by atoms with E-state index in [2.05, 4.69) is 77.6 Å². The van der Waals surface area contributed by atoms with Gasteiger partial charge in [0.25, 0.3) is 0 Å². The highest BCUT2D eigenvalue weighted by atomic mass is 127. The molecule has 2 rings (SSSR count). The van der Waals surface area contributed by atoms with E-state index in [0.717, 1.165) is 27.8 Å². The zero-order chi connectivity index (χ0) is 25.6. The van der Waals surface area contributed by atoms with Gasteiger partial charge in [0.1, 0.15) is 0 Å². The maximum Gasteiger partial charge on any atom is 0.319 e. The highest BCUT2D eigenvalue weighted by molar-refractivity contribution is 14.1. The van der Waals surface area contributed by atoms with Crippen molar-refractivity contribution < 1.29 is 9.59 Å². The van der Waals surface area contributed by atoms with Gasteiger partial charge in [-0.15, -0.1) is 0 Å². The first-order valence-corrected chi connectivity index (χ1v) is 12.7. The molecule has 0 aliphatic heterocycles. The molecule has 0 heterocycles. The molecule has 7 heteroatoms. The first-order chi connectivity index (χ1) is 15.7. The second-order valence-corrected chi connectivity index (χ2v) is 12.5. The van der Waals surface area contributed by atoms with Crippen LogP contribution in [-0.4, -0.2) is 24.1 Å². The SMILES string of the molecule is CC(C)(CCC(C)(C)c1cccc(NC(=O)NC(C)(C)C)c1)CNC(=O)Nc1ccc(I)cc1. The Morgan fingerprint density at radius 3 is 2.03 bits per heavy atom. The molecule has 0 atom stereocenters. The largest absolute Gasteiger partial charge is 0.337 e. The van der Waals surface area contributed by atoms with Gasteiger partial charge in [0, 0.05) is 27.0 Å². The molecule has 4 amide bonds. The highest BCUT2D eigenvalue weighted by Gasteiger charge is 2.27. The van der Waals surface area contributed by atoms with E-state index in [1.807, 2.05) is 63.2 Å². The van der Waals surface area contributed by atoms with E-state index in [1.54, 1.807) is 0 Å². The fourth-order valence-electron chi connectivity index (χ4n) is 3.43. The van der Waals surface area contributed by atoms with Crippen molar-refractivity contribution in [1.82, 2.24) is 10.6 Å². The van der Waals surface area contributed by atoms with E-state index >= 15 is 0 Å². The summed E-state index contributed by atoms with van der Waals surface area (Å²) in [6.07, 6.45) is 1.88. The molecule has 6 nitrogen and oxygen atoms in total. The molecule has 0 bridgehead atoms. The van der Waals surface area contributed by atoms with Crippen LogP contribution in [0.4, 0.5) is 21.0 Å². The van der Waals surface area contributed by atoms with Crippen LogP contribution >= 0.6 is 22.6 Å². The quantitative estimate of drug-likeness (QED) is 0.252. The molecule has 0 unspecified atom stereocenters. The minimum atomic E-state index is -0.294. The van der Waals surface area contributed by atoms with Crippen LogP contribution in [0, 0.1) is 8.99 Å². The Morgan fingerprint density at radius 1 is 0.794 bits per heavy atom. The average molecular weight is 579 g/mol. The predicted molar refractivity (Wildman–Crippen MR) is 151 cm³/mol. The van der Waals surface area contributed by atoms with Gasteiger partial charge in [0.05, 0.1) is 0 Å². The Labute approximate surface area is 218 Å². The molecule has 0 aliphatic carbocycles. The molecule has 0 spiro atoms. The lowest BCUT2D eigenvalue weighted by Crippen LogP contribution is -2.43. The van der Waals surface area contributed by atoms with Crippen molar-refractivity contribution in [2.24, 2.45) is 5.41 Å².